The normalized spacial score (nSPS) is 28.3. The van der Waals surface area contributed by atoms with E-state index in [4.69, 9.17) is 10.5 Å². The fourth-order valence-corrected chi connectivity index (χ4v) is 2.64. The predicted octanol–water partition coefficient (Wildman–Crippen LogP) is 2.20. The molecule has 5 heteroatoms. The lowest BCUT2D eigenvalue weighted by molar-refractivity contribution is -0.0838. The molecule has 0 atom stereocenters. The molecule has 1 aliphatic rings. The van der Waals surface area contributed by atoms with Crippen molar-refractivity contribution >= 4 is 5.95 Å². The van der Waals surface area contributed by atoms with Gasteiger partial charge in [0.25, 0.3) is 0 Å². The van der Waals surface area contributed by atoms with Crippen LogP contribution >= 0.6 is 0 Å². The first-order valence-electron chi connectivity index (χ1n) is 6.68. The van der Waals surface area contributed by atoms with Crippen molar-refractivity contribution in [1.82, 2.24) is 15.0 Å². The molecule has 1 saturated carbocycles. The number of hydrogen-bond donors (Lipinski definition) is 1. The summed E-state index contributed by atoms with van der Waals surface area (Å²) in [6.45, 7) is 6.80. The summed E-state index contributed by atoms with van der Waals surface area (Å²) in [6, 6.07) is 0. The van der Waals surface area contributed by atoms with E-state index in [0.717, 1.165) is 31.6 Å². The van der Waals surface area contributed by atoms with Gasteiger partial charge in [-0.2, -0.15) is 9.97 Å². The Bertz CT molecular complexity index is 393. The van der Waals surface area contributed by atoms with E-state index in [0.29, 0.717) is 18.3 Å². The molecular formula is C13H22N4O. The Kier molecular flexibility index (Phi) is 3.80. The number of aryl methyl sites for hydroxylation is 1. The fraction of sp³-hybridized carbons (Fsp3) is 0.769. The quantitative estimate of drug-likeness (QED) is 0.890. The van der Waals surface area contributed by atoms with E-state index in [-0.39, 0.29) is 11.5 Å². The van der Waals surface area contributed by atoms with Crippen LogP contribution in [0.1, 0.15) is 51.2 Å². The van der Waals surface area contributed by atoms with Gasteiger partial charge in [0.1, 0.15) is 11.4 Å². The molecule has 0 aliphatic heterocycles. The van der Waals surface area contributed by atoms with E-state index in [9.17, 15) is 0 Å². The van der Waals surface area contributed by atoms with Crippen LogP contribution in [-0.4, -0.2) is 21.6 Å². The van der Waals surface area contributed by atoms with E-state index in [1.54, 1.807) is 0 Å². The van der Waals surface area contributed by atoms with Gasteiger partial charge < -0.3 is 10.5 Å². The van der Waals surface area contributed by atoms with Crippen LogP contribution in [0.3, 0.4) is 0 Å². The highest BCUT2D eigenvalue weighted by molar-refractivity contribution is 5.19. The number of nitrogens with two attached hydrogens (primary N) is 1. The van der Waals surface area contributed by atoms with Crippen LogP contribution < -0.4 is 5.73 Å². The van der Waals surface area contributed by atoms with E-state index in [1.807, 2.05) is 13.8 Å². The van der Waals surface area contributed by atoms with Crippen molar-refractivity contribution in [3.8, 4) is 0 Å². The number of rotatable bonds is 3. The first-order chi connectivity index (χ1) is 8.55. The summed E-state index contributed by atoms with van der Waals surface area (Å²) in [5.41, 5.74) is 5.37. The Morgan fingerprint density at radius 1 is 1.28 bits per heavy atom. The zero-order chi connectivity index (χ0) is 13.2. The predicted molar refractivity (Wildman–Crippen MR) is 69.9 cm³/mol. The third kappa shape index (κ3) is 2.61. The van der Waals surface area contributed by atoms with Gasteiger partial charge in [-0.05, 0) is 45.4 Å². The van der Waals surface area contributed by atoms with Crippen molar-refractivity contribution in [1.29, 1.82) is 0 Å². The molecule has 18 heavy (non-hydrogen) atoms. The Morgan fingerprint density at radius 3 is 2.50 bits per heavy atom. The minimum absolute atomic E-state index is 0.287. The van der Waals surface area contributed by atoms with Gasteiger partial charge in [0.15, 0.2) is 5.82 Å². The lowest BCUT2D eigenvalue weighted by atomic mass is 9.79. The second-order valence-electron chi connectivity index (χ2n) is 5.17. The van der Waals surface area contributed by atoms with Crippen molar-refractivity contribution in [3.05, 3.63) is 11.6 Å². The summed E-state index contributed by atoms with van der Waals surface area (Å²) in [5, 5.41) is 0. The van der Waals surface area contributed by atoms with Gasteiger partial charge in [0, 0.05) is 6.61 Å². The van der Waals surface area contributed by atoms with Crippen LogP contribution in [0.25, 0.3) is 0 Å². The highest BCUT2D eigenvalue weighted by atomic mass is 16.5. The fourth-order valence-electron chi connectivity index (χ4n) is 2.64. The molecule has 0 unspecified atom stereocenters. The number of hydrogen-bond acceptors (Lipinski definition) is 5. The van der Waals surface area contributed by atoms with Crippen LogP contribution in [0.5, 0.6) is 0 Å². The third-order valence-electron chi connectivity index (χ3n) is 3.67. The summed E-state index contributed by atoms with van der Waals surface area (Å²) in [5.74, 6) is 2.41. The molecule has 0 radical (unpaired) electrons. The topological polar surface area (TPSA) is 73.9 Å². The Hall–Kier alpha value is -1.23. The molecule has 5 nitrogen and oxygen atoms in total. The summed E-state index contributed by atoms with van der Waals surface area (Å²) < 4.78 is 6.01. The van der Waals surface area contributed by atoms with Crippen molar-refractivity contribution in [2.75, 3.05) is 12.3 Å². The molecular weight excluding hydrogens is 228 g/mol. The van der Waals surface area contributed by atoms with Gasteiger partial charge in [0.05, 0.1) is 0 Å². The van der Waals surface area contributed by atoms with Crippen molar-refractivity contribution < 1.29 is 4.74 Å². The standard InChI is InChI=1S/C13H22N4O/c1-4-18-13(7-5-9(2)6-8-13)11-15-10(3)16-12(14)17-11/h9H,4-8H2,1-3H3,(H2,14,15,16,17). The summed E-state index contributed by atoms with van der Waals surface area (Å²) in [4.78, 5) is 12.8. The maximum absolute atomic E-state index is 6.01. The second kappa shape index (κ2) is 5.18. The lowest BCUT2D eigenvalue weighted by Gasteiger charge is -2.37. The molecule has 1 aromatic heterocycles. The zero-order valence-electron chi connectivity index (χ0n) is 11.4. The van der Waals surface area contributed by atoms with Crippen LogP contribution in [-0.2, 0) is 10.3 Å². The Balaban J connectivity index is 2.34. The summed E-state index contributed by atoms with van der Waals surface area (Å²) in [7, 11) is 0. The van der Waals surface area contributed by atoms with Crippen molar-refractivity contribution in [2.45, 2.75) is 52.1 Å². The van der Waals surface area contributed by atoms with Gasteiger partial charge >= 0.3 is 0 Å². The Morgan fingerprint density at radius 2 is 1.94 bits per heavy atom. The number of ether oxygens (including phenoxy) is 1. The zero-order valence-corrected chi connectivity index (χ0v) is 11.4. The average molecular weight is 250 g/mol. The molecule has 0 bridgehead atoms. The Labute approximate surface area is 108 Å². The van der Waals surface area contributed by atoms with E-state index in [2.05, 4.69) is 21.9 Å². The maximum atomic E-state index is 6.01. The number of anilines is 1. The van der Waals surface area contributed by atoms with Gasteiger partial charge in [0.2, 0.25) is 5.95 Å². The van der Waals surface area contributed by atoms with Gasteiger partial charge in [-0.1, -0.05) is 6.92 Å². The molecule has 1 fully saturated rings. The van der Waals surface area contributed by atoms with Gasteiger partial charge in [-0.3, -0.25) is 0 Å². The molecule has 1 aliphatic carbocycles. The molecule has 0 amide bonds. The molecule has 2 N–H and O–H groups in total. The summed E-state index contributed by atoms with van der Waals surface area (Å²) >= 11 is 0. The largest absolute Gasteiger partial charge is 0.368 e. The maximum Gasteiger partial charge on any atom is 0.223 e. The second-order valence-corrected chi connectivity index (χ2v) is 5.17. The smallest absolute Gasteiger partial charge is 0.223 e. The molecule has 1 aromatic rings. The number of nitrogen functional groups attached to an aromatic ring is 1. The summed E-state index contributed by atoms with van der Waals surface area (Å²) in [6.07, 6.45) is 4.21. The average Bonchev–Trinajstić information content (AvgIpc) is 2.31. The van der Waals surface area contributed by atoms with Gasteiger partial charge in [-0.25, -0.2) is 4.98 Å². The molecule has 0 spiro atoms. The van der Waals surface area contributed by atoms with Crippen LogP contribution in [0.15, 0.2) is 0 Å². The van der Waals surface area contributed by atoms with E-state index < -0.39 is 0 Å². The van der Waals surface area contributed by atoms with Crippen molar-refractivity contribution in [3.63, 3.8) is 0 Å². The third-order valence-corrected chi connectivity index (χ3v) is 3.67. The molecule has 0 aromatic carbocycles. The highest BCUT2D eigenvalue weighted by Crippen LogP contribution is 2.41. The SMILES string of the molecule is CCOC1(c2nc(C)nc(N)n2)CCC(C)CC1. The monoisotopic (exact) mass is 250 g/mol. The number of aromatic nitrogens is 3. The molecule has 100 valence electrons. The van der Waals surface area contributed by atoms with Crippen LogP contribution in [0.2, 0.25) is 0 Å². The molecule has 1 heterocycles. The minimum atomic E-state index is -0.358. The lowest BCUT2D eigenvalue weighted by Crippen LogP contribution is -2.36. The number of nitrogens with zero attached hydrogens (tertiary/aromatic N) is 3. The molecule has 0 saturated heterocycles. The van der Waals surface area contributed by atoms with Crippen molar-refractivity contribution in [2.24, 2.45) is 5.92 Å². The van der Waals surface area contributed by atoms with Crippen LogP contribution in [0, 0.1) is 12.8 Å². The highest BCUT2D eigenvalue weighted by Gasteiger charge is 2.39. The first kappa shape index (κ1) is 13.2. The van der Waals surface area contributed by atoms with Gasteiger partial charge in [-0.15, -0.1) is 0 Å². The van der Waals surface area contributed by atoms with E-state index in [1.165, 1.54) is 0 Å². The van der Waals surface area contributed by atoms with Crippen LogP contribution in [0.4, 0.5) is 5.95 Å². The minimum Gasteiger partial charge on any atom is -0.368 e. The van der Waals surface area contributed by atoms with E-state index >= 15 is 0 Å². The molecule has 2 rings (SSSR count). The first-order valence-corrected chi connectivity index (χ1v) is 6.68.